The molecule has 0 saturated carbocycles. The summed E-state index contributed by atoms with van der Waals surface area (Å²) in [7, 11) is 1.81. The maximum Gasteiger partial charge on any atom is 0.148 e. The van der Waals surface area contributed by atoms with Gasteiger partial charge in [-0.15, -0.1) is 10.2 Å². The van der Waals surface area contributed by atoms with E-state index in [0.29, 0.717) is 0 Å². The highest BCUT2D eigenvalue weighted by Gasteiger charge is 2.00. The van der Waals surface area contributed by atoms with Gasteiger partial charge in [-0.05, 0) is 18.2 Å². The minimum Gasteiger partial charge on any atom is -0.472 e. The molecule has 0 unspecified atom stereocenters. The predicted molar refractivity (Wildman–Crippen MR) is 49.3 cm³/mol. The molecule has 2 aromatic heterocycles. The van der Waals surface area contributed by atoms with Gasteiger partial charge in [0.05, 0.1) is 18.2 Å². The molecule has 0 saturated heterocycles. The van der Waals surface area contributed by atoms with Crippen molar-refractivity contribution in [2.75, 3.05) is 12.4 Å². The molecule has 4 heteroatoms. The van der Waals surface area contributed by atoms with E-state index in [1.807, 2.05) is 25.2 Å². The minimum absolute atomic E-state index is 0.757. The molecule has 4 nitrogen and oxygen atoms in total. The molecular formula is C9H9N3O. The Hall–Kier alpha value is -1.84. The lowest BCUT2D eigenvalue weighted by Gasteiger charge is -1.97. The summed E-state index contributed by atoms with van der Waals surface area (Å²) in [5.41, 5.74) is 1.75. The number of anilines is 1. The summed E-state index contributed by atoms with van der Waals surface area (Å²) >= 11 is 0. The van der Waals surface area contributed by atoms with Gasteiger partial charge >= 0.3 is 0 Å². The molecule has 0 fully saturated rings. The Bertz CT molecular complexity index is 366. The van der Waals surface area contributed by atoms with E-state index in [9.17, 15) is 0 Å². The van der Waals surface area contributed by atoms with Gasteiger partial charge in [0.2, 0.25) is 0 Å². The van der Waals surface area contributed by atoms with E-state index >= 15 is 0 Å². The summed E-state index contributed by atoms with van der Waals surface area (Å²) in [4.78, 5) is 0. The van der Waals surface area contributed by atoms with Gasteiger partial charge in [0.1, 0.15) is 5.82 Å². The Morgan fingerprint density at radius 1 is 1.23 bits per heavy atom. The zero-order valence-electron chi connectivity index (χ0n) is 7.19. The van der Waals surface area contributed by atoms with Crippen molar-refractivity contribution in [3.05, 3.63) is 30.7 Å². The number of aromatic nitrogens is 2. The van der Waals surface area contributed by atoms with Crippen molar-refractivity contribution < 1.29 is 4.42 Å². The van der Waals surface area contributed by atoms with E-state index < -0.39 is 0 Å². The predicted octanol–water partition coefficient (Wildman–Crippen LogP) is 1.78. The normalized spacial score (nSPS) is 9.92. The highest BCUT2D eigenvalue weighted by molar-refractivity contribution is 5.57. The van der Waals surface area contributed by atoms with Crippen molar-refractivity contribution in [3.63, 3.8) is 0 Å². The standard InChI is InChI=1S/C9H9N3O/c1-10-9-3-2-8(11-12-9)7-4-5-13-6-7/h2-6H,1H3,(H,10,12). The number of furan rings is 1. The molecule has 0 atom stereocenters. The molecule has 0 aliphatic heterocycles. The van der Waals surface area contributed by atoms with Crippen molar-refractivity contribution in [1.82, 2.24) is 10.2 Å². The quantitative estimate of drug-likeness (QED) is 0.755. The fourth-order valence-corrected chi connectivity index (χ4v) is 1.03. The summed E-state index contributed by atoms with van der Waals surface area (Å²) in [6, 6.07) is 5.61. The molecule has 66 valence electrons. The average molecular weight is 175 g/mol. The number of hydrogen-bond donors (Lipinski definition) is 1. The van der Waals surface area contributed by atoms with Gasteiger partial charge in [-0.2, -0.15) is 0 Å². The monoisotopic (exact) mass is 175 g/mol. The minimum atomic E-state index is 0.757. The number of hydrogen-bond acceptors (Lipinski definition) is 4. The lowest BCUT2D eigenvalue weighted by Crippen LogP contribution is -1.94. The summed E-state index contributed by atoms with van der Waals surface area (Å²) in [6.07, 6.45) is 3.26. The van der Waals surface area contributed by atoms with E-state index in [2.05, 4.69) is 15.5 Å². The largest absolute Gasteiger partial charge is 0.472 e. The van der Waals surface area contributed by atoms with Crippen LogP contribution in [-0.4, -0.2) is 17.2 Å². The third-order valence-corrected chi connectivity index (χ3v) is 1.74. The highest BCUT2D eigenvalue weighted by atomic mass is 16.3. The second kappa shape index (κ2) is 3.26. The Labute approximate surface area is 75.6 Å². The van der Waals surface area contributed by atoms with Gasteiger partial charge < -0.3 is 9.73 Å². The van der Waals surface area contributed by atoms with Crippen LogP contribution in [-0.2, 0) is 0 Å². The molecule has 0 aromatic carbocycles. The molecule has 0 spiro atoms. The van der Waals surface area contributed by atoms with E-state index in [1.165, 1.54) is 0 Å². The molecule has 0 radical (unpaired) electrons. The average Bonchev–Trinajstić information content (AvgIpc) is 2.71. The van der Waals surface area contributed by atoms with Crippen LogP contribution in [0.5, 0.6) is 0 Å². The van der Waals surface area contributed by atoms with Crippen molar-refractivity contribution in [1.29, 1.82) is 0 Å². The van der Waals surface area contributed by atoms with E-state index in [1.54, 1.807) is 12.5 Å². The molecule has 0 bridgehead atoms. The van der Waals surface area contributed by atoms with Gasteiger partial charge in [-0.25, -0.2) is 0 Å². The van der Waals surface area contributed by atoms with Gasteiger partial charge in [0.25, 0.3) is 0 Å². The SMILES string of the molecule is CNc1ccc(-c2ccoc2)nn1. The van der Waals surface area contributed by atoms with E-state index in [0.717, 1.165) is 17.1 Å². The first kappa shape index (κ1) is 7.79. The number of nitrogens with one attached hydrogen (secondary N) is 1. The Morgan fingerprint density at radius 2 is 2.15 bits per heavy atom. The Balaban J connectivity index is 2.33. The van der Waals surface area contributed by atoms with E-state index in [4.69, 9.17) is 4.42 Å². The van der Waals surface area contributed by atoms with Crippen LogP contribution in [0.1, 0.15) is 0 Å². The van der Waals surface area contributed by atoms with Crippen molar-refractivity contribution >= 4 is 5.82 Å². The van der Waals surface area contributed by atoms with Gasteiger partial charge in [0.15, 0.2) is 0 Å². The zero-order valence-corrected chi connectivity index (χ0v) is 7.19. The van der Waals surface area contributed by atoms with Crippen molar-refractivity contribution in [2.24, 2.45) is 0 Å². The first-order chi connectivity index (χ1) is 6.40. The van der Waals surface area contributed by atoms with Gasteiger partial charge in [0, 0.05) is 12.6 Å². The maximum atomic E-state index is 4.94. The maximum absolute atomic E-state index is 4.94. The van der Waals surface area contributed by atoms with Gasteiger partial charge in [-0.1, -0.05) is 0 Å². The number of rotatable bonds is 2. The Kier molecular flexibility index (Phi) is 1.96. The molecule has 2 rings (SSSR count). The summed E-state index contributed by atoms with van der Waals surface area (Å²) in [6.45, 7) is 0. The molecule has 0 amide bonds. The lowest BCUT2D eigenvalue weighted by molar-refractivity contribution is 0.568. The third kappa shape index (κ3) is 1.51. The third-order valence-electron chi connectivity index (χ3n) is 1.74. The molecule has 0 aliphatic carbocycles. The van der Waals surface area contributed by atoms with Crippen LogP contribution in [0.25, 0.3) is 11.3 Å². The molecule has 13 heavy (non-hydrogen) atoms. The summed E-state index contributed by atoms with van der Waals surface area (Å²) in [5.74, 6) is 0.757. The zero-order chi connectivity index (χ0) is 9.10. The lowest BCUT2D eigenvalue weighted by atomic mass is 10.2. The molecule has 1 N–H and O–H groups in total. The van der Waals surface area contributed by atoms with Crippen molar-refractivity contribution in [2.45, 2.75) is 0 Å². The summed E-state index contributed by atoms with van der Waals surface area (Å²) in [5, 5.41) is 10.9. The molecule has 2 heterocycles. The van der Waals surface area contributed by atoms with Crippen LogP contribution < -0.4 is 5.32 Å². The second-order valence-electron chi connectivity index (χ2n) is 2.57. The summed E-state index contributed by atoms with van der Waals surface area (Å²) < 4.78 is 4.94. The van der Waals surface area contributed by atoms with Crippen LogP contribution in [0.3, 0.4) is 0 Å². The molecule has 2 aromatic rings. The Morgan fingerprint density at radius 3 is 2.69 bits per heavy atom. The van der Waals surface area contributed by atoms with Crippen LogP contribution in [0.15, 0.2) is 35.1 Å². The van der Waals surface area contributed by atoms with Crippen LogP contribution in [0, 0.1) is 0 Å². The van der Waals surface area contributed by atoms with Crippen LogP contribution in [0.2, 0.25) is 0 Å². The van der Waals surface area contributed by atoms with E-state index in [-0.39, 0.29) is 0 Å². The molecule has 0 aliphatic rings. The fourth-order valence-electron chi connectivity index (χ4n) is 1.03. The highest BCUT2D eigenvalue weighted by Crippen LogP contribution is 2.16. The number of nitrogens with zero attached hydrogens (tertiary/aromatic N) is 2. The van der Waals surface area contributed by atoms with Crippen LogP contribution in [0.4, 0.5) is 5.82 Å². The molecular weight excluding hydrogens is 166 g/mol. The first-order valence-corrected chi connectivity index (χ1v) is 3.94. The van der Waals surface area contributed by atoms with Crippen molar-refractivity contribution in [3.8, 4) is 11.3 Å². The second-order valence-corrected chi connectivity index (χ2v) is 2.57. The smallest absolute Gasteiger partial charge is 0.148 e. The fraction of sp³-hybridized carbons (Fsp3) is 0.111. The first-order valence-electron chi connectivity index (χ1n) is 3.94. The van der Waals surface area contributed by atoms with Gasteiger partial charge in [-0.3, -0.25) is 0 Å². The topological polar surface area (TPSA) is 51.0 Å². The van der Waals surface area contributed by atoms with Crippen LogP contribution >= 0.6 is 0 Å².